The van der Waals surface area contributed by atoms with Crippen molar-refractivity contribution in [3.63, 3.8) is 0 Å². The number of nitrogens with zero attached hydrogens (tertiary/aromatic N) is 3. The van der Waals surface area contributed by atoms with Gasteiger partial charge in [0, 0.05) is 36.1 Å². The second-order valence-electron chi connectivity index (χ2n) is 8.64. The number of hydrogen-bond acceptors (Lipinski definition) is 4. The van der Waals surface area contributed by atoms with Gasteiger partial charge in [0.05, 0.1) is 6.20 Å². The van der Waals surface area contributed by atoms with Crippen molar-refractivity contribution in [2.75, 3.05) is 5.32 Å². The highest BCUT2D eigenvalue weighted by Crippen LogP contribution is 2.37. The number of fused-ring (bicyclic) bond motifs is 1. The molecule has 7 nitrogen and oxygen atoms in total. The van der Waals surface area contributed by atoms with Crippen molar-refractivity contribution in [3.05, 3.63) is 30.2 Å². The van der Waals surface area contributed by atoms with Gasteiger partial charge < -0.3 is 11.1 Å². The van der Waals surface area contributed by atoms with Crippen molar-refractivity contribution in [2.45, 2.75) is 64.6 Å². The molecule has 1 saturated carbocycles. The van der Waals surface area contributed by atoms with Gasteiger partial charge in [0.15, 0.2) is 0 Å². The molecule has 2 amide bonds. The first-order valence-electron chi connectivity index (χ1n) is 9.74. The summed E-state index contributed by atoms with van der Waals surface area (Å²) in [6.07, 6.45) is 8.42. The average molecular weight is 368 g/mol. The molecule has 2 aromatic rings. The number of rotatable bonds is 3. The Bertz CT molecular complexity index is 835. The Kier molecular flexibility index (Phi) is 4.63. The fourth-order valence-corrected chi connectivity index (χ4v) is 4.16. The van der Waals surface area contributed by atoms with E-state index in [1.807, 2.05) is 18.3 Å². The Labute approximate surface area is 159 Å². The summed E-state index contributed by atoms with van der Waals surface area (Å²) >= 11 is 0. The van der Waals surface area contributed by atoms with Gasteiger partial charge in [0.25, 0.3) is 0 Å². The summed E-state index contributed by atoms with van der Waals surface area (Å²) in [5.74, 6) is 0.551. The third kappa shape index (κ3) is 3.98. The molecule has 2 aliphatic rings. The molecule has 0 unspecified atom stereocenters. The molecule has 27 heavy (non-hydrogen) atoms. The number of anilines is 1. The van der Waals surface area contributed by atoms with E-state index >= 15 is 0 Å². The summed E-state index contributed by atoms with van der Waals surface area (Å²) in [6, 6.07) is 4.14. The lowest BCUT2D eigenvalue weighted by Crippen LogP contribution is -2.42. The summed E-state index contributed by atoms with van der Waals surface area (Å²) in [6.45, 7) is 5.45. The van der Waals surface area contributed by atoms with E-state index in [9.17, 15) is 4.79 Å². The quantitative estimate of drug-likeness (QED) is 0.776. The van der Waals surface area contributed by atoms with Crippen molar-refractivity contribution in [1.29, 1.82) is 0 Å². The predicted octanol–water partition coefficient (Wildman–Crippen LogP) is 2.92. The van der Waals surface area contributed by atoms with Crippen LogP contribution in [-0.2, 0) is 13.0 Å². The maximum Gasteiger partial charge on any atom is 0.320 e. The third-order valence-electron chi connectivity index (χ3n) is 5.59. The molecule has 2 aromatic heterocycles. The van der Waals surface area contributed by atoms with E-state index in [4.69, 9.17) is 5.73 Å². The zero-order chi connectivity index (χ0) is 19.0. The van der Waals surface area contributed by atoms with E-state index in [-0.39, 0.29) is 23.5 Å². The fourth-order valence-electron chi connectivity index (χ4n) is 4.16. The van der Waals surface area contributed by atoms with E-state index in [0.29, 0.717) is 5.82 Å². The Morgan fingerprint density at radius 1 is 1.30 bits per heavy atom. The lowest BCUT2D eigenvalue weighted by atomic mass is 9.90. The molecule has 1 aliphatic carbocycles. The molecule has 4 rings (SSSR count). The molecule has 0 spiro atoms. The minimum Gasteiger partial charge on any atom is -0.335 e. The smallest absolute Gasteiger partial charge is 0.320 e. The van der Waals surface area contributed by atoms with Gasteiger partial charge in [0.1, 0.15) is 5.82 Å². The van der Waals surface area contributed by atoms with Crippen LogP contribution >= 0.6 is 0 Å². The zero-order valence-electron chi connectivity index (χ0n) is 16.0. The number of nitrogens with one attached hydrogen (secondary N) is 2. The van der Waals surface area contributed by atoms with Crippen LogP contribution < -0.4 is 16.4 Å². The maximum absolute atomic E-state index is 12.3. The summed E-state index contributed by atoms with van der Waals surface area (Å²) in [7, 11) is 0. The van der Waals surface area contributed by atoms with E-state index < -0.39 is 0 Å². The van der Waals surface area contributed by atoms with E-state index in [1.54, 1.807) is 6.20 Å². The number of pyridine rings is 1. The maximum atomic E-state index is 12.3. The highest BCUT2D eigenvalue weighted by atomic mass is 16.2. The lowest BCUT2D eigenvalue weighted by Gasteiger charge is -2.26. The van der Waals surface area contributed by atoms with Crippen LogP contribution in [0.1, 0.15) is 45.2 Å². The van der Waals surface area contributed by atoms with E-state index in [1.165, 1.54) is 5.69 Å². The first-order chi connectivity index (χ1) is 12.9. The first-order valence-corrected chi connectivity index (χ1v) is 9.74. The highest BCUT2D eigenvalue weighted by molar-refractivity contribution is 5.89. The largest absolute Gasteiger partial charge is 0.335 e. The Balaban J connectivity index is 1.44. The van der Waals surface area contributed by atoms with Gasteiger partial charge in [-0.2, -0.15) is 5.10 Å². The Morgan fingerprint density at radius 3 is 2.85 bits per heavy atom. The Morgan fingerprint density at radius 2 is 2.07 bits per heavy atom. The second kappa shape index (κ2) is 6.96. The van der Waals surface area contributed by atoms with Gasteiger partial charge in [-0.3, -0.25) is 10.00 Å². The minimum atomic E-state index is -0.207. The molecule has 4 N–H and O–H groups in total. The topological polar surface area (TPSA) is 97.9 Å². The number of urea groups is 1. The highest BCUT2D eigenvalue weighted by Gasteiger charge is 2.31. The van der Waals surface area contributed by atoms with Crippen LogP contribution in [0.4, 0.5) is 10.6 Å². The van der Waals surface area contributed by atoms with Crippen molar-refractivity contribution >= 4 is 11.8 Å². The van der Waals surface area contributed by atoms with Crippen molar-refractivity contribution in [3.8, 4) is 11.1 Å². The van der Waals surface area contributed by atoms with E-state index in [0.717, 1.165) is 49.8 Å². The van der Waals surface area contributed by atoms with Gasteiger partial charge in [0.2, 0.25) is 0 Å². The zero-order valence-corrected chi connectivity index (χ0v) is 16.0. The van der Waals surface area contributed by atoms with Crippen LogP contribution in [0.2, 0.25) is 0 Å². The van der Waals surface area contributed by atoms with E-state index in [2.05, 4.69) is 39.2 Å². The molecule has 1 fully saturated rings. The fraction of sp³-hybridized carbons (Fsp3) is 0.550. The van der Waals surface area contributed by atoms with Crippen LogP contribution in [0.3, 0.4) is 0 Å². The Hall–Kier alpha value is -2.41. The molecule has 0 saturated heterocycles. The predicted molar refractivity (Wildman–Crippen MR) is 105 cm³/mol. The summed E-state index contributed by atoms with van der Waals surface area (Å²) in [5.41, 5.74) is 9.55. The van der Waals surface area contributed by atoms with Gasteiger partial charge in [-0.05, 0) is 55.2 Å². The monoisotopic (exact) mass is 368 g/mol. The third-order valence-corrected chi connectivity index (χ3v) is 5.59. The van der Waals surface area contributed by atoms with Gasteiger partial charge in [-0.1, -0.05) is 13.8 Å². The molecule has 0 bridgehead atoms. The van der Waals surface area contributed by atoms with Gasteiger partial charge in [-0.25, -0.2) is 9.78 Å². The molecule has 3 heterocycles. The van der Waals surface area contributed by atoms with Crippen molar-refractivity contribution < 1.29 is 4.79 Å². The van der Waals surface area contributed by atoms with Crippen LogP contribution in [0.25, 0.3) is 11.1 Å². The molecular formula is C20H28N6O. The van der Waals surface area contributed by atoms with Crippen LogP contribution in [0.15, 0.2) is 24.5 Å². The van der Waals surface area contributed by atoms with Crippen molar-refractivity contribution in [1.82, 2.24) is 20.1 Å². The summed E-state index contributed by atoms with van der Waals surface area (Å²) < 4.78 is 2.09. The summed E-state index contributed by atoms with van der Waals surface area (Å²) in [5, 5.41) is 10.4. The SMILES string of the molecule is CC1(C)Cc2c(-c3ccnc(NC(=O)NC4CCC(N)CC4)c3)cnn2C1. The number of carbonyl (C=O) groups excluding carboxylic acids is 1. The molecule has 144 valence electrons. The van der Waals surface area contributed by atoms with Crippen LogP contribution in [0.5, 0.6) is 0 Å². The lowest BCUT2D eigenvalue weighted by molar-refractivity contribution is 0.242. The van der Waals surface area contributed by atoms with Crippen molar-refractivity contribution in [2.24, 2.45) is 11.1 Å². The number of hydrogen-bond donors (Lipinski definition) is 3. The average Bonchev–Trinajstić information content (AvgIpc) is 3.12. The molecule has 0 atom stereocenters. The minimum absolute atomic E-state index is 0.189. The second-order valence-corrected chi connectivity index (χ2v) is 8.64. The van der Waals surface area contributed by atoms with Crippen LogP contribution in [-0.4, -0.2) is 32.9 Å². The number of amides is 2. The number of nitrogens with two attached hydrogens (primary N) is 1. The number of aromatic nitrogens is 3. The van der Waals surface area contributed by atoms with Crippen LogP contribution in [0, 0.1) is 5.41 Å². The van der Waals surface area contributed by atoms with Gasteiger partial charge >= 0.3 is 6.03 Å². The molecule has 1 aliphatic heterocycles. The summed E-state index contributed by atoms with van der Waals surface area (Å²) in [4.78, 5) is 16.6. The number of carbonyl (C=O) groups is 1. The van der Waals surface area contributed by atoms with Gasteiger partial charge in [-0.15, -0.1) is 0 Å². The molecule has 0 aromatic carbocycles. The molecule has 7 heteroatoms. The first kappa shape index (κ1) is 18.0. The molecular weight excluding hydrogens is 340 g/mol. The molecule has 0 radical (unpaired) electrons. The standard InChI is InChI=1S/C20H28N6O/c1-20(2)10-17-16(11-23-26(17)12-20)13-7-8-22-18(9-13)25-19(27)24-15-5-3-14(21)4-6-15/h7-9,11,14-15H,3-6,10,12,21H2,1-2H3,(H2,22,24,25,27). The normalized spacial score (nSPS) is 23.7.